The van der Waals surface area contributed by atoms with Crippen LogP contribution >= 0.6 is 11.3 Å². The molecule has 3 rings (SSSR count). The molecular formula is C23H21N3O2S. The summed E-state index contributed by atoms with van der Waals surface area (Å²) in [5.74, 6) is -0.409. The van der Waals surface area contributed by atoms with Crippen LogP contribution in [0, 0.1) is 25.2 Å². The maximum absolute atomic E-state index is 12.1. The second-order valence-electron chi connectivity index (χ2n) is 6.42. The van der Waals surface area contributed by atoms with Crippen LogP contribution in [-0.2, 0) is 4.74 Å². The minimum atomic E-state index is -0.409. The standard InChI is InChI=1S/C23H21N3O2S/c1-4-28-23(27)19-7-5-6-8-20(19)25-13-18(12-24)22-26-21(14-29-22)17-10-9-15(2)16(3)11-17/h5-11,13-14,25H,4H2,1-3H3. The van der Waals surface area contributed by atoms with Crippen LogP contribution in [0.1, 0.15) is 33.4 Å². The number of anilines is 1. The molecule has 1 N–H and O–H groups in total. The summed E-state index contributed by atoms with van der Waals surface area (Å²) in [4.78, 5) is 16.7. The van der Waals surface area contributed by atoms with Crippen molar-refractivity contribution in [3.8, 4) is 17.3 Å². The van der Waals surface area contributed by atoms with Gasteiger partial charge in [0.1, 0.15) is 16.6 Å². The monoisotopic (exact) mass is 403 g/mol. The molecule has 0 saturated carbocycles. The molecule has 0 unspecified atom stereocenters. The lowest BCUT2D eigenvalue weighted by molar-refractivity contribution is 0.0527. The average Bonchev–Trinajstić information content (AvgIpc) is 3.21. The fourth-order valence-corrected chi connectivity index (χ4v) is 3.51. The van der Waals surface area contributed by atoms with Crippen LogP contribution < -0.4 is 5.32 Å². The Morgan fingerprint density at radius 2 is 2.03 bits per heavy atom. The number of para-hydroxylation sites is 1. The number of thiazole rings is 1. The molecule has 2 aromatic carbocycles. The summed E-state index contributed by atoms with van der Waals surface area (Å²) < 4.78 is 5.08. The van der Waals surface area contributed by atoms with Gasteiger partial charge >= 0.3 is 5.97 Å². The largest absolute Gasteiger partial charge is 0.462 e. The number of rotatable bonds is 6. The van der Waals surface area contributed by atoms with Crippen molar-refractivity contribution in [1.29, 1.82) is 5.26 Å². The van der Waals surface area contributed by atoms with Crippen LogP contribution in [0.3, 0.4) is 0 Å². The first-order valence-electron chi connectivity index (χ1n) is 9.20. The summed E-state index contributed by atoms with van der Waals surface area (Å²) in [7, 11) is 0. The fourth-order valence-electron chi connectivity index (χ4n) is 2.72. The number of allylic oxidation sites excluding steroid dienone is 1. The number of aryl methyl sites for hydroxylation is 2. The maximum atomic E-state index is 12.1. The van der Waals surface area contributed by atoms with Gasteiger partial charge in [-0.25, -0.2) is 9.78 Å². The van der Waals surface area contributed by atoms with Gasteiger partial charge in [-0.3, -0.25) is 0 Å². The molecule has 0 spiro atoms. The second-order valence-corrected chi connectivity index (χ2v) is 7.28. The number of nitrogens with zero attached hydrogens (tertiary/aromatic N) is 2. The lowest BCUT2D eigenvalue weighted by Crippen LogP contribution is -2.07. The molecule has 0 aliphatic carbocycles. The van der Waals surface area contributed by atoms with Crippen molar-refractivity contribution in [3.05, 3.63) is 75.7 Å². The molecule has 0 aliphatic heterocycles. The van der Waals surface area contributed by atoms with Crippen molar-refractivity contribution in [3.63, 3.8) is 0 Å². The van der Waals surface area contributed by atoms with Crippen molar-refractivity contribution < 1.29 is 9.53 Å². The average molecular weight is 404 g/mol. The minimum Gasteiger partial charge on any atom is -0.462 e. The summed E-state index contributed by atoms with van der Waals surface area (Å²) in [6, 6.07) is 15.4. The molecule has 1 aromatic heterocycles. The number of esters is 1. The van der Waals surface area contributed by atoms with Crippen LogP contribution in [0.4, 0.5) is 5.69 Å². The zero-order valence-corrected chi connectivity index (χ0v) is 17.3. The van der Waals surface area contributed by atoms with E-state index in [1.54, 1.807) is 31.3 Å². The molecule has 0 aliphatic rings. The number of carbonyl (C=O) groups is 1. The van der Waals surface area contributed by atoms with Crippen LogP contribution in [0.25, 0.3) is 16.8 Å². The van der Waals surface area contributed by atoms with E-state index in [9.17, 15) is 10.1 Å². The van der Waals surface area contributed by atoms with Gasteiger partial charge in [0.15, 0.2) is 0 Å². The first kappa shape index (κ1) is 20.3. The van der Waals surface area contributed by atoms with Gasteiger partial charge < -0.3 is 10.1 Å². The number of benzene rings is 2. The number of hydrogen-bond acceptors (Lipinski definition) is 6. The molecule has 5 nitrogen and oxygen atoms in total. The Morgan fingerprint density at radius 3 is 2.76 bits per heavy atom. The molecule has 3 aromatic rings. The van der Waals surface area contributed by atoms with E-state index in [1.807, 2.05) is 17.5 Å². The SMILES string of the molecule is CCOC(=O)c1ccccc1NC=C(C#N)c1nc(-c2ccc(C)c(C)c2)cs1. The molecule has 0 radical (unpaired) electrons. The highest BCUT2D eigenvalue weighted by Crippen LogP contribution is 2.27. The maximum Gasteiger partial charge on any atom is 0.340 e. The van der Waals surface area contributed by atoms with E-state index in [-0.39, 0.29) is 0 Å². The van der Waals surface area contributed by atoms with Crippen LogP contribution in [0.5, 0.6) is 0 Å². The van der Waals surface area contributed by atoms with E-state index in [0.29, 0.717) is 28.4 Å². The summed E-state index contributed by atoms with van der Waals surface area (Å²) in [5.41, 5.74) is 5.66. The minimum absolute atomic E-state index is 0.298. The van der Waals surface area contributed by atoms with Gasteiger partial charge in [-0.1, -0.05) is 24.3 Å². The number of aromatic nitrogens is 1. The van der Waals surface area contributed by atoms with Gasteiger partial charge in [0.2, 0.25) is 0 Å². The zero-order valence-electron chi connectivity index (χ0n) is 16.5. The molecule has 0 atom stereocenters. The predicted molar refractivity (Wildman–Crippen MR) is 117 cm³/mol. The summed E-state index contributed by atoms with van der Waals surface area (Å²) in [5, 5.41) is 15.2. The van der Waals surface area contributed by atoms with Crippen molar-refractivity contribution in [2.75, 3.05) is 11.9 Å². The lowest BCUT2D eigenvalue weighted by atomic mass is 10.1. The van der Waals surface area contributed by atoms with Crippen LogP contribution in [0.2, 0.25) is 0 Å². The van der Waals surface area contributed by atoms with E-state index < -0.39 is 5.97 Å². The van der Waals surface area contributed by atoms with Gasteiger partial charge in [0, 0.05) is 17.1 Å². The van der Waals surface area contributed by atoms with Crippen molar-refractivity contribution in [1.82, 2.24) is 4.98 Å². The molecule has 1 heterocycles. The summed E-state index contributed by atoms with van der Waals surface area (Å²) in [6.45, 7) is 6.20. The predicted octanol–water partition coefficient (Wildman–Crippen LogP) is 5.58. The van der Waals surface area contributed by atoms with Gasteiger partial charge in [0.25, 0.3) is 0 Å². The van der Waals surface area contributed by atoms with Crippen LogP contribution in [-0.4, -0.2) is 17.6 Å². The number of ether oxygens (including phenoxy) is 1. The highest BCUT2D eigenvalue weighted by atomic mass is 32.1. The van der Waals surface area contributed by atoms with Gasteiger partial charge in [-0.2, -0.15) is 5.26 Å². The van der Waals surface area contributed by atoms with E-state index in [2.05, 4.69) is 42.4 Å². The van der Waals surface area contributed by atoms with E-state index in [0.717, 1.165) is 11.3 Å². The molecule has 6 heteroatoms. The third-order valence-corrected chi connectivity index (χ3v) is 5.33. The van der Waals surface area contributed by atoms with Crippen molar-refractivity contribution in [2.24, 2.45) is 0 Å². The number of hydrogen-bond donors (Lipinski definition) is 1. The van der Waals surface area contributed by atoms with Gasteiger partial charge in [-0.15, -0.1) is 11.3 Å². The van der Waals surface area contributed by atoms with Crippen LogP contribution in [0.15, 0.2) is 54.0 Å². The third kappa shape index (κ3) is 4.71. The first-order chi connectivity index (χ1) is 14.0. The molecule has 146 valence electrons. The topological polar surface area (TPSA) is 75.0 Å². The normalized spacial score (nSPS) is 11.0. The Morgan fingerprint density at radius 1 is 1.24 bits per heavy atom. The molecule has 0 fully saturated rings. The quantitative estimate of drug-likeness (QED) is 0.429. The summed E-state index contributed by atoms with van der Waals surface area (Å²) in [6.07, 6.45) is 1.57. The van der Waals surface area contributed by atoms with E-state index >= 15 is 0 Å². The molecule has 0 saturated heterocycles. The van der Waals surface area contributed by atoms with Gasteiger partial charge in [0.05, 0.1) is 23.6 Å². The van der Waals surface area contributed by atoms with Crippen molar-refractivity contribution >= 4 is 28.6 Å². The van der Waals surface area contributed by atoms with E-state index in [1.165, 1.54) is 22.5 Å². The Labute approximate surface area is 174 Å². The Balaban J connectivity index is 1.85. The fraction of sp³-hybridized carbons (Fsp3) is 0.174. The highest BCUT2D eigenvalue weighted by molar-refractivity contribution is 7.11. The third-order valence-electron chi connectivity index (χ3n) is 4.45. The molecule has 0 amide bonds. The first-order valence-corrected chi connectivity index (χ1v) is 10.1. The smallest absolute Gasteiger partial charge is 0.340 e. The van der Waals surface area contributed by atoms with E-state index in [4.69, 9.17) is 4.74 Å². The molecule has 0 bridgehead atoms. The molecule has 29 heavy (non-hydrogen) atoms. The van der Waals surface area contributed by atoms with Gasteiger partial charge in [-0.05, 0) is 50.1 Å². The number of nitriles is 1. The highest BCUT2D eigenvalue weighted by Gasteiger charge is 2.13. The number of carbonyl (C=O) groups excluding carboxylic acids is 1. The Hall–Kier alpha value is -3.43. The lowest BCUT2D eigenvalue weighted by Gasteiger charge is -2.08. The Kier molecular flexibility index (Phi) is 6.43. The second kappa shape index (κ2) is 9.18. The Bertz CT molecular complexity index is 1110. The summed E-state index contributed by atoms with van der Waals surface area (Å²) >= 11 is 1.41. The number of nitrogens with one attached hydrogen (secondary N) is 1. The molecular weight excluding hydrogens is 382 g/mol. The van der Waals surface area contributed by atoms with Crippen molar-refractivity contribution in [2.45, 2.75) is 20.8 Å². The zero-order chi connectivity index (χ0) is 20.8.